The monoisotopic (exact) mass is 275 g/mol. The first-order valence-corrected chi connectivity index (χ1v) is 7.59. The third kappa shape index (κ3) is 4.34. The molecule has 3 heteroatoms. The molecule has 1 aromatic rings. The van der Waals surface area contributed by atoms with Crippen molar-refractivity contribution in [2.24, 2.45) is 11.8 Å². The predicted octanol–water partition coefficient (Wildman–Crippen LogP) is 2.80. The van der Waals surface area contributed by atoms with Crippen LogP contribution in [0.25, 0.3) is 0 Å². The van der Waals surface area contributed by atoms with E-state index in [2.05, 4.69) is 31.3 Å². The molecule has 1 heterocycles. The van der Waals surface area contributed by atoms with Crippen LogP contribution in [-0.2, 0) is 16.0 Å². The first-order chi connectivity index (χ1) is 9.66. The molecule has 1 saturated heterocycles. The zero-order valence-corrected chi connectivity index (χ0v) is 12.5. The quantitative estimate of drug-likeness (QED) is 0.897. The summed E-state index contributed by atoms with van der Waals surface area (Å²) in [5, 5.41) is 3.16. The number of hydrogen-bond donors (Lipinski definition) is 1. The van der Waals surface area contributed by atoms with Crippen LogP contribution >= 0.6 is 0 Å². The Kier molecular flexibility index (Phi) is 5.60. The summed E-state index contributed by atoms with van der Waals surface area (Å²) in [7, 11) is 0. The summed E-state index contributed by atoms with van der Waals surface area (Å²) < 4.78 is 5.43. The van der Waals surface area contributed by atoms with Crippen LogP contribution in [0.1, 0.15) is 32.3 Å². The van der Waals surface area contributed by atoms with Crippen LogP contribution in [-0.4, -0.2) is 25.2 Å². The lowest BCUT2D eigenvalue weighted by Crippen LogP contribution is -2.45. The average molecular weight is 275 g/mol. The highest BCUT2D eigenvalue weighted by atomic mass is 16.5. The van der Waals surface area contributed by atoms with Gasteiger partial charge in [-0.05, 0) is 30.7 Å². The van der Waals surface area contributed by atoms with Gasteiger partial charge in [-0.15, -0.1) is 0 Å². The van der Waals surface area contributed by atoms with Crippen molar-refractivity contribution >= 4 is 5.91 Å². The molecule has 2 atom stereocenters. The standard InChI is InChI=1S/C17H25NO2/c1-13(2)16(11-14-7-4-3-5-8-14)17(19)18-15-9-6-10-20-12-15/h3-5,7-8,13,15-16H,6,9-12H2,1-2H3,(H,18,19). The molecule has 1 fully saturated rings. The molecular weight excluding hydrogens is 250 g/mol. The highest BCUT2D eigenvalue weighted by Gasteiger charge is 2.25. The average Bonchev–Trinajstić information content (AvgIpc) is 2.46. The Morgan fingerprint density at radius 3 is 2.70 bits per heavy atom. The third-order valence-electron chi connectivity index (χ3n) is 3.95. The van der Waals surface area contributed by atoms with E-state index in [-0.39, 0.29) is 17.9 Å². The number of carbonyl (C=O) groups is 1. The lowest BCUT2D eigenvalue weighted by molar-refractivity contribution is -0.128. The van der Waals surface area contributed by atoms with E-state index in [1.165, 1.54) is 5.56 Å². The maximum Gasteiger partial charge on any atom is 0.223 e. The van der Waals surface area contributed by atoms with Crippen molar-refractivity contribution in [1.29, 1.82) is 0 Å². The van der Waals surface area contributed by atoms with Crippen LogP contribution in [0, 0.1) is 11.8 Å². The fourth-order valence-corrected chi connectivity index (χ4v) is 2.66. The van der Waals surface area contributed by atoms with E-state index in [9.17, 15) is 4.79 Å². The van der Waals surface area contributed by atoms with Crippen molar-refractivity contribution in [1.82, 2.24) is 5.32 Å². The number of hydrogen-bond acceptors (Lipinski definition) is 2. The Morgan fingerprint density at radius 1 is 1.35 bits per heavy atom. The summed E-state index contributed by atoms with van der Waals surface area (Å²) in [6.07, 6.45) is 2.87. The Hall–Kier alpha value is -1.35. The molecule has 110 valence electrons. The highest BCUT2D eigenvalue weighted by Crippen LogP contribution is 2.18. The Bertz CT molecular complexity index is 410. The Morgan fingerprint density at radius 2 is 2.10 bits per heavy atom. The van der Waals surface area contributed by atoms with Crippen molar-refractivity contribution in [2.75, 3.05) is 13.2 Å². The zero-order valence-electron chi connectivity index (χ0n) is 12.5. The first kappa shape index (κ1) is 15.0. The summed E-state index contributed by atoms with van der Waals surface area (Å²) in [4.78, 5) is 12.5. The molecule has 0 radical (unpaired) electrons. The highest BCUT2D eigenvalue weighted by molar-refractivity contribution is 5.79. The molecule has 2 unspecified atom stereocenters. The van der Waals surface area contributed by atoms with Gasteiger partial charge in [-0.2, -0.15) is 0 Å². The van der Waals surface area contributed by atoms with Crippen molar-refractivity contribution in [3.8, 4) is 0 Å². The molecule has 0 saturated carbocycles. The molecule has 1 aromatic carbocycles. The molecule has 3 nitrogen and oxygen atoms in total. The lowest BCUT2D eigenvalue weighted by Gasteiger charge is -2.27. The van der Waals surface area contributed by atoms with Crippen LogP contribution in [0.15, 0.2) is 30.3 Å². The van der Waals surface area contributed by atoms with Gasteiger partial charge < -0.3 is 10.1 Å². The molecule has 0 bridgehead atoms. The summed E-state index contributed by atoms with van der Waals surface area (Å²) in [5.74, 6) is 0.526. The van der Waals surface area contributed by atoms with Crippen molar-refractivity contribution in [3.63, 3.8) is 0 Å². The predicted molar refractivity (Wildman–Crippen MR) is 80.5 cm³/mol. The summed E-state index contributed by atoms with van der Waals surface area (Å²) in [6.45, 7) is 5.71. The van der Waals surface area contributed by atoms with Gasteiger partial charge in [-0.1, -0.05) is 44.2 Å². The lowest BCUT2D eigenvalue weighted by atomic mass is 9.88. The van der Waals surface area contributed by atoms with Gasteiger partial charge in [-0.25, -0.2) is 0 Å². The topological polar surface area (TPSA) is 38.3 Å². The molecule has 20 heavy (non-hydrogen) atoms. The van der Waals surface area contributed by atoms with E-state index in [0.717, 1.165) is 25.9 Å². The van der Waals surface area contributed by atoms with Crippen molar-refractivity contribution < 1.29 is 9.53 Å². The van der Waals surface area contributed by atoms with Gasteiger partial charge in [-0.3, -0.25) is 4.79 Å². The van der Waals surface area contributed by atoms with Crippen LogP contribution in [0.4, 0.5) is 0 Å². The summed E-state index contributed by atoms with van der Waals surface area (Å²) in [5.41, 5.74) is 1.22. The third-order valence-corrected chi connectivity index (χ3v) is 3.95. The van der Waals surface area contributed by atoms with Crippen LogP contribution < -0.4 is 5.32 Å². The maximum atomic E-state index is 12.5. The minimum atomic E-state index is 0.0272. The number of amides is 1. The van der Waals surface area contributed by atoms with E-state index in [0.29, 0.717) is 12.5 Å². The zero-order chi connectivity index (χ0) is 14.4. The van der Waals surface area contributed by atoms with Gasteiger partial charge in [0, 0.05) is 12.5 Å². The Balaban J connectivity index is 1.95. The second-order valence-corrected chi connectivity index (χ2v) is 5.96. The number of carbonyl (C=O) groups excluding carboxylic acids is 1. The normalized spacial score (nSPS) is 20.6. The van der Waals surface area contributed by atoms with Gasteiger partial charge in [0.15, 0.2) is 0 Å². The molecular formula is C17H25NO2. The molecule has 1 aliphatic rings. The fraction of sp³-hybridized carbons (Fsp3) is 0.588. The molecule has 1 N–H and O–H groups in total. The molecule has 0 aliphatic carbocycles. The van der Waals surface area contributed by atoms with E-state index in [1.807, 2.05) is 18.2 Å². The van der Waals surface area contributed by atoms with Gasteiger partial charge in [0.1, 0.15) is 0 Å². The summed E-state index contributed by atoms with van der Waals surface area (Å²) >= 11 is 0. The van der Waals surface area contributed by atoms with Gasteiger partial charge >= 0.3 is 0 Å². The number of nitrogens with one attached hydrogen (secondary N) is 1. The summed E-state index contributed by atoms with van der Waals surface area (Å²) in [6, 6.07) is 10.4. The second-order valence-electron chi connectivity index (χ2n) is 5.96. The molecule has 0 spiro atoms. The van der Waals surface area contributed by atoms with E-state index in [4.69, 9.17) is 4.74 Å². The Labute approximate surface area is 121 Å². The van der Waals surface area contributed by atoms with Gasteiger partial charge in [0.25, 0.3) is 0 Å². The largest absolute Gasteiger partial charge is 0.379 e. The molecule has 0 aromatic heterocycles. The molecule has 2 rings (SSSR count). The van der Waals surface area contributed by atoms with Crippen LogP contribution in [0.5, 0.6) is 0 Å². The minimum absolute atomic E-state index is 0.0272. The van der Waals surface area contributed by atoms with Crippen LogP contribution in [0.2, 0.25) is 0 Å². The van der Waals surface area contributed by atoms with Crippen molar-refractivity contribution in [2.45, 2.75) is 39.2 Å². The van der Waals surface area contributed by atoms with Crippen LogP contribution in [0.3, 0.4) is 0 Å². The second kappa shape index (κ2) is 7.44. The smallest absolute Gasteiger partial charge is 0.223 e. The number of benzene rings is 1. The van der Waals surface area contributed by atoms with E-state index >= 15 is 0 Å². The van der Waals surface area contributed by atoms with E-state index < -0.39 is 0 Å². The number of rotatable bonds is 5. The van der Waals surface area contributed by atoms with Gasteiger partial charge in [0.2, 0.25) is 5.91 Å². The molecule has 1 aliphatic heterocycles. The number of ether oxygens (including phenoxy) is 1. The molecule has 1 amide bonds. The first-order valence-electron chi connectivity index (χ1n) is 7.59. The van der Waals surface area contributed by atoms with E-state index in [1.54, 1.807) is 0 Å². The fourth-order valence-electron chi connectivity index (χ4n) is 2.66. The van der Waals surface area contributed by atoms with Gasteiger partial charge in [0.05, 0.1) is 12.6 Å². The maximum absolute atomic E-state index is 12.5. The minimum Gasteiger partial charge on any atom is -0.379 e. The SMILES string of the molecule is CC(C)C(Cc1ccccc1)C(=O)NC1CCCOC1. The van der Waals surface area contributed by atoms with Crippen molar-refractivity contribution in [3.05, 3.63) is 35.9 Å².